The molecule has 3 N–H and O–H groups in total. The van der Waals surface area contributed by atoms with E-state index in [-0.39, 0.29) is 11.9 Å². The highest BCUT2D eigenvalue weighted by Gasteiger charge is 2.39. The maximum Gasteiger partial charge on any atom is 0.251 e. The van der Waals surface area contributed by atoms with Gasteiger partial charge in [-0.3, -0.25) is 4.79 Å². The van der Waals surface area contributed by atoms with Crippen molar-refractivity contribution in [2.24, 2.45) is 17.6 Å². The fourth-order valence-corrected chi connectivity index (χ4v) is 5.33. The van der Waals surface area contributed by atoms with Gasteiger partial charge in [-0.25, -0.2) is 4.98 Å². The zero-order valence-corrected chi connectivity index (χ0v) is 15.4. The lowest BCUT2D eigenvalue weighted by atomic mass is 9.67. The molecule has 2 fully saturated rings. The molecule has 0 spiro atoms. The summed E-state index contributed by atoms with van der Waals surface area (Å²) in [7, 11) is 0. The molecule has 5 heteroatoms. The number of aryl methyl sites for hydroxylation is 1. The third kappa shape index (κ3) is 3.48. The Morgan fingerprint density at radius 2 is 2.04 bits per heavy atom. The zero-order chi connectivity index (χ0) is 17.4. The highest BCUT2D eigenvalue weighted by atomic mass is 32.1. The van der Waals surface area contributed by atoms with Crippen LogP contribution in [-0.2, 0) is 0 Å². The minimum atomic E-state index is 0.0347. The summed E-state index contributed by atoms with van der Waals surface area (Å²) >= 11 is 1.62. The Balaban J connectivity index is 1.51. The van der Waals surface area contributed by atoms with E-state index in [1.54, 1.807) is 11.3 Å². The number of rotatable bonds is 3. The smallest absolute Gasteiger partial charge is 0.251 e. The second kappa shape index (κ2) is 6.89. The van der Waals surface area contributed by atoms with Gasteiger partial charge in [0.15, 0.2) is 0 Å². The van der Waals surface area contributed by atoms with Gasteiger partial charge in [-0.15, -0.1) is 11.3 Å². The standard InChI is InChI=1S/C20H25N3OS/c1-12-11-25-20(22-12)16-7-3-6-15(8-16)19(24)23-18-13-4-2-5-14(18)10-17(21)9-13/h3,6-8,11,13-14,17-18H,2,4-5,9-10,21H2,1H3,(H,23,24). The van der Waals surface area contributed by atoms with Gasteiger partial charge >= 0.3 is 0 Å². The van der Waals surface area contributed by atoms with Gasteiger partial charge in [-0.1, -0.05) is 18.6 Å². The first-order valence-corrected chi connectivity index (χ1v) is 10.1. The van der Waals surface area contributed by atoms with E-state index in [4.69, 9.17) is 5.73 Å². The SMILES string of the molecule is Cc1csc(-c2cccc(C(=O)NC3C4CCCC3CC(N)C4)c2)n1. The summed E-state index contributed by atoms with van der Waals surface area (Å²) in [6.45, 7) is 1.99. The second-order valence-electron chi connectivity index (χ2n) is 7.56. The van der Waals surface area contributed by atoms with Crippen molar-refractivity contribution in [3.05, 3.63) is 40.9 Å². The highest BCUT2D eigenvalue weighted by Crippen LogP contribution is 2.39. The normalized spacial score (nSPS) is 28.6. The maximum absolute atomic E-state index is 12.9. The summed E-state index contributed by atoms with van der Waals surface area (Å²) in [6, 6.07) is 8.40. The summed E-state index contributed by atoms with van der Waals surface area (Å²) in [5.74, 6) is 1.11. The molecule has 2 aliphatic rings. The van der Waals surface area contributed by atoms with E-state index in [2.05, 4.69) is 10.3 Å². The Morgan fingerprint density at radius 1 is 1.28 bits per heavy atom. The number of nitrogens with zero attached hydrogens (tertiary/aromatic N) is 1. The molecule has 1 amide bonds. The first kappa shape index (κ1) is 16.7. The number of carbonyl (C=O) groups is 1. The number of nitrogens with two attached hydrogens (primary N) is 1. The van der Waals surface area contributed by atoms with E-state index < -0.39 is 0 Å². The van der Waals surface area contributed by atoms with Gasteiger partial charge in [0.1, 0.15) is 5.01 Å². The molecule has 1 aromatic carbocycles. The molecule has 25 heavy (non-hydrogen) atoms. The molecule has 2 atom stereocenters. The first-order chi connectivity index (χ1) is 12.1. The molecule has 0 radical (unpaired) electrons. The van der Waals surface area contributed by atoms with Crippen LogP contribution in [0, 0.1) is 18.8 Å². The minimum absolute atomic E-state index is 0.0347. The van der Waals surface area contributed by atoms with Gasteiger partial charge in [0, 0.05) is 34.3 Å². The number of carbonyl (C=O) groups excluding carboxylic acids is 1. The van der Waals surface area contributed by atoms with Gasteiger partial charge in [-0.05, 0) is 56.6 Å². The largest absolute Gasteiger partial charge is 0.349 e. The number of hydrogen-bond acceptors (Lipinski definition) is 4. The van der Waals surface area contributed by atoms with Crippen LogP contribution in [0.25, 0.3) is 10.6 Å². The van der Waals surface area contributed by atoms with Crippen molar-refractivity contribution in [2.45, 2.75) is 51.1 Å². The summed E-state index contributed by atoms with van der Waals surface area (Å²) in [5, 5.41) is 6.33. The van der Waals surface area contributed by atoms with Crippen LogP contribution < -0.4 is 11.1 Å². The number of benzene rings is 1. The van der Waals surface area contributed by atoms with Crippen molar-refractivity contribution in [1.29, 1.82) is 0 Å². The lowest BCUT2D eigenvalue weighted by Gasteiger charge is -2.45. The molecule has 132 valence electrons. The summed E-state index contributed by atoms with van der Waals surface area (Å²) in [4.78, 5) is 17.4. The Labute approximate surface area is 152 Å². The number of hydrogen-bond donors (Lipinski definition) is 2. The summed E-state index contributed by atoms with van der Waals surface area (Å²) in [5.41, 5.74) is 8.94. The lowest BCUT2D eigenvalue weighted by Crippen LogP contribution is -2.53. The summed E-state index contributed by atoms with van der Waals surface area (Å²) < 4.78 is 0. The van der Waals surface area contributed by atoms with Gasteiger partial charge in [0.25, 0.3) is 5.91 Å². The molecule has 4 rings (SSSR count). The molecule has 0 aliphatic heterocycles. The van der Waals surface area contributed by atoms with Crippen LogP contribution >= 0.6 is 11.3 Å². The molecular formula is C20H25N3OS. The Kier molecular flexibility index (Phi) is 4.61. The van der Waals surface area contributed by atoms with Crippen LogP contribution in [0.3, 0.4) is 0 Å². The van der Waals surface area contributed by atoms with Crippen LogP contribution in [0.15, 0.2) is 29.6 Å². The van der Waals surface area contributed by atoms with E-state index in [1.165, 1.54) is 19.3 Å². The molecule has 2 bridgehead atoms. The fourth-order valence-electron chi connectivity index (χ4n) is 4.54. The number of nitrogens with one attached hydrogen (secondary N) is 1. The van der Waals surface area contributed by atoms with Crippen LogP contribution in [0.2, 0.25) is 0 Å². The Bertz CT molecular complexity index is 758. The van der Waals surface area contributed by atoms with Crippen LogP contribution in [0.4, 0.5) is 0 Å². The predicted octanol–water partition coefficient (Wildman–Crippen LogP) is 3.75. The predicted molar refractivity (Wildman–Crippen MR) is 102 cm³/mol. The van der Waals surface area contributed by atoms with E-state index in [0.717, 1.165) is 34.7 Å². The molecule has 0 saturated heterocycles. The van der Waals surface area contributed by atoms with Crippen molar-refractivity contribution in [3.63, 3.8) is 0 Å². The third-order valence-corrected chi connectivity index (χ3v) is 6.67. The van der Waals surface area contributed by atoms with Crippen LogP contribution in [-0.4, -0.2) is 23.0 Å². The lowest BCUT2D eigenvalue weighted by molar-refractivity contribution is 0.0756. The Morgan fingerprint density at radius 3 is 2.72 bits per heavy atom. The van der Waals surface area contributed by atoms with Crippen LogP contribution in [0.1, 0.15) is 48.2 Å². The monoisotopic (exact) mass is 355 g/mol. The molecule has 2 unspecified atom stereocenters. The number of amides is 1. The minimum Gasteiger partial charge on any atom is -0.349 e. The maximum atomic E-state index is 12.9. The number of aromatic nitrogens is 1. The van der Waals surface area contributed by atoms with Crippen molar-refractivity contribution in [2.75, 3.05) is 0 Å². The van der Waals surface area contributed by atoms with Crippen molar-refractivity contribution in [1.82, 2.24) is 10.3 Å². The van der Waals surface area contributed by atoms with Gasteiger partial charge < -0.3 is 11.1 Å². The molecule has 2 aliphatic carbocycles. The first-order valence-electron chi connectivity index (χ1n) is 9.19. The molecule has 1 aromatic heterocycles. The number of fused-ring (bicyclic) bond motifs is 2. The van der Waals surface area contributed by atoms with Crippen LogP contribution in [0.5, 0.6) is 0 Å². The second-order valence-corrected chi connectivity index (χ2v) is 8.41. The number of thiazole rings is 1. The zero-order valence-electron chi connectivity index (χ0n) is 14.6. The Hall–Kier alpha value is -1.72. The summed E-state index contributed by atoms with van der Waals surface area (Å²) in [6.07, 6.45) is 5.73. The molecular weight excluding hydrogens is 330 g/mol. The molecule has 1 heterocycles. The van der Waals surface area contributed by atoms with Crippen molar-refractivity contribution in [3.8, 4) is 10.6 Å². The molecule has 2 saturated carbocycles. The van der Waals surface area contributed by atoms with Crippen molar-refractivity contribution >= 4 is 17.2 Å². The molecule has 2 aromatic rings. The van der Waals surface area contributed by atoms with Gasteiger partial charge in [0.2, 0.25) is 0 Å². The third-order valence-electron chi connectivity index (χ3n) is 5.67. The van der Waals surface area contributed by atoms with Crippen molar-refractivity contribution < 1.29 is 4.79 Å². The average Bonchev–Trinajstić information content (AvgIpc) is 3.02. The van der Waals surface area contributed by atoms with Gasteiger partial charge in [0.05, 0.1) is 0 Å². The molecule has 4 nitrogen and oxygen atoms in total. The topological polar surface area (TPSA) is 68.0 Å². The van der Waals surface area contributed by atoms with E-state index in [0.29, 0.717) is 17.9 Å². The highest BCUT2D eigenvalue weighted by molar-refractivity contribution is 7.13. The quantitative estimate of drug-likeness (QED) is 0.881. The van der Waals surface area contributed by atoms with Gasteiger partial charge in [-0.2, -0.15) is 0 Å². The van der Waals surface area contributed by atoms with E-state index in [9.17, 15) is 4.79 Å². The fraction of sp³-hybridized carbons (Fsp3) is 0.500. The average molecular weight is 356 g/mol. The van der Waals surface area contributed by atoms with E-state index in [1.807, 2.05) is 36.6 Å². The van der Waals surface area contributed by atoms with E-state index >= 15 is 0 Å².